The van der Waals surface area contributed by atoms with Gasteiger partial charge in [0.2, 0.25) is 0 Å². The molecule has 0 aromatic rings. The fourth-order valence-electron chi connectivity index (χ4n) is 0. The average molecular weight is 942 g/mol. The van der Waals surface area contributed by atoms with Crippen LogP contribution in [0.4, 0.5) is 0 Å². The van der Waals surface area contributed by atoms with Crippen molar-refractivity contribution in [2.75, 3.05) is 7.05 Å². The molecule has 0 aromatic heterocycles. The Labute approximate surface area is 170 Å². The van der Waals surface area contributed by atoms with E-state index < -0.39 is 0 Å². The van der Waals surface area contributed by atoms with E-state index >= 15 is 0 Å². The van der Waals surface area contributed by atoms with Gasteiger partial charge in [-0.25, -0.2) is 0 Å². The fraction of sp³-hybridized carbons (Fsp3) is 0.833. The maximum Gasteiger partial charge on any atom is 0 e. The summed E-state index contributed by atoms with van der Waals surface area (Å²) in [6.45, 7) is 16.0. The average Bonchev–Trinajstić information content (AvgIpc) is 2.20. The molecule has 0 saturated carbocycles. The first-order valence-electron chi connectivity index (χ1n) is 4.58. The standard InChI is InChI=1S/4C2H6.CH5N.CH4.2CH3.4Re/c5*1-2;;;;;;;/h4*1-2H3;2H2,1H3;1H4;2*1H3;;;;/q;;;;;;2*-1;;;;. The third-order valence-corrected chi connectivity index (χ3v) is 0. The zero-order valence-electron chi connectivity index (χ0n) is 13.1. The van der Waals surface area contributed by atoms with E-state index in [9.17, 15) is 0 Å². The molecule has 0 spiro atoms. The Hall–Kier alpha value is 2.61. The number of hydrogen-bond acceptors (Lipinski definition) is 1. The number of nitrogens with two attached hydrogens (primary N) is 1. The maximum absolute atomic E-state index is 4.50. The summed E-state index contributed by atoms with van der Waals surface area (Å²) in [6, 6.07) is 0. The first-order chi connectivity index (χ1) is 5.00. The molecule has 1 nitrogen and oxygen atoms in total. The quantitative estimate of drug-likeness (QED) is 0.333. The van der Waals surface area contributed by atoms with E-state index in [4.69, 9.17) is 0 Å². The van der Waals surface area contributed by atoms with E-state index in [1.807, 2.05) is 55.4 Å². The Morgan fingerprint density at radius 2 is 0.412 bits per heavy atom. The van der Waals surface area contributed by atoms with Gasteiger partial charge >= 0.3 is 0 Å². The summed E-state index contributed by atoms with van der Waals surface area (Å²) < 4.78 is 0. The molecule has 0 amide bonds. The van der Waals surface area contributed by atoms with Crippen LogP contribution in [0.25, 0.3) is 0 Å². The summed E-state index contributed by atoms with van der Waals surface area (Å²) in [4.78, 5) is 0. The molecule has 17 heavy (non-hydrogen) atoms. The molecule has 0 atom stereocenters. The molecule has 0 rings (SSSR count). The fourth-order valence-corrected chi connectivity index (χ4v) is 0. The first kappa shape index (κ1) is 117. The van der Waals surface area contributed by atoms with Crippen LogP contribution in [-0.4, -0.2) is 7.05 Å². The Kier molecular flexibility index (Phi) is 5850. The molecule has 2 N–H and O–H groups in total. The van der Waals surface area contributed by atoms with Crippen molar-refractivity contribution < 1.29 is 81.7 Å². The normalized spacial score (nSPS) is 1.76. The van der Waals surface area contributed by atoms with Crippen molar-refractivity contribution in [1.82, 2.24) is 0 Å². The van der Waals surface area contributed by atoms with Crippen molar-refractivity contribution in [2.45, 2.75) is 62.8 Å². The van der Waals surface area contributed by atoms with Gasteiger partial charge in [-0.15, -0.1) is 0 Å². The van der Waals surface area contributed by atoms with E-state index in [1.54, 1.807) is 0 Å². The molecule has 4 radical (unpaired) electrons. The molecule has 0 fully saturated rings. The molecule has 122 valence electrons. The number of rotatable bonds is 0. The van der Waals surface area contributed by atoms with Crippen molar-refractivity contribution in [3.63, 3.8) is 0 Å². The molecule has 0 heterocycles. The molecule has 0 aromatic carbocycles. The van der Waals surface area contributed by atoms with Crippen LogP contribution in [0.1, 0.15) is 62.8 Å². The zero-order valence-corrected chi connectivity index (χ0v) is 24.0. The van der Waals surface area contributed by atoms with Crippen LogP contribution in [0.15, 0.2) is 0 Å². The van der Waals surface area contributed by atoms with Gasteiger partial charge in [-0.2, -0.15) is 0 Å². The summed E-state index contributed by atoms with van der Waals surface area (Å²) in [5, 5.41) is 0. The van der Waals surface area contributed by atoms with Crippen LogP contribution in [-0.2, 0) is 81.7 Å². The monoisotopic (exact) mass is 945 g/mol. The summed E-state index contributed by atoms with van der Waals surface area (Å²) in [5.74, 6) is 0. The van der Waals surface area contributed by atoms with Crippen LogP contribution in [0.3, 0.4) is 0 Å². The van der Waals surface area contributed by atoms with Gasteiger partial charge in [0.1, 0.15) is 0 Å². The third-order valence-electron chi connectivity index (χ3n) is 0. The number of hydrogen-bond donors (Lipinski definition) is 1. The summed E-state index contributed by atoms with van der Waals surface area (Å²) in [6.07, 6.45) is 0. The van der Waals surface area contributed by atoms with E-state index in [-0.39, 0.29) is 104 Å². The molecule has 0 aliphatic rings. The minimum atomic E-state index is 0. The van der Waals surface area contributed by atoms with Crippen LogP contribution >= 0.6 is 0 Å². The summed E-state index contributed by atoms with van der Waals surface area (Å²) in [5.41, 5.74) is 4.50. The van der Waals surface area contributed by atoms with Gasteiger partial charge in [-0.3, -0.25) is 0 Å². The van der Waals surface area contributed by atoms with Gasteiger partial charge in [0.25, 0.3) is 0 Å². The van der Waals surface area contributed by atoms with Gasteiger partial charge in [-0.05, 0) is 7.05 Å². The molecule has 0 bridgehead atoms. The van der Waals surface area contributed by atoms with Crippen molar-refractivity contribution >= 4 is 0 Å². The molecule has 5 heteroatoms. The second-order valence-electron chi connectivity index (χ2n) is 0. The van der Waals surface area contributed by atoms with Crippen molar-refractivity contribution in [2.24, 2.45) is 5.73 Å². The van der Waals surface area contributed by atoms with E-state index in [0.717, 1.165) is 0 Å². The second kappa shape index (κ2) is 848. The Bertz CT molecular complexity index is 18.5. The predicted octanol–water partition coefficient (Wildman–Crippen LogP) is 5.21. The molecule has 0 aliphatic heterocycles. The van der Waals surface area contributed by atoms with E-state index in [1.165, 1.54) is 7.05 Å². The van der Waals surface area contributed by atoms with Crippen LogP contribution in [0.5, 0.6) is 0 Å². The van der Waals surface area contributed by atoms with E-state index in [2.05, 4.69) is 5.73 Å². The van der Waals surface area contributed by atoms with Gasteiger partial charge in [0.05, 0.1) is 0 Å². The Morgan fingerprint density at radius 1 is 0.412 bits per heavy atom. The second-order valence-corrected chi connectivity index (χ2v) is 0. The van der Waals surface area contributed by atoms with Crippen LogP contribution < -0.4 is 5.73 Å². The first-order valence-corrected chi connectivity index (χ1v) is 4.58. The summed E-state index contributed by atoms with van der Waals surface area (Å²) in [7, 11) is 1.50. The minimum absolute atomic E-state index is 0. The van der Waals surface area contributed by atoms with Crippen LogP contribution in [0.2, 0.25) is 0 Å². The van der Waals surface area contributed by atoms with Gasteiger partial charge in [-0.1, -0.05) is 62.8 Å². The Balaban J connectivity index is -0.00000000167. The Morgan fingerprint density at radius 3 is 0.412 bits per heavy atom. The third kappa shape index (κ3) is 754. The molecule has 0 saturated heterocycles. The van der Waals surface area contributed by atoms with Crippen molar-refractivity contribution in [3.05, 3.63) is 14.9 Å². The van der Waals surface area contributed by atoms with Gasteiger partial charge in [0.15, 0.2) is 0 Å². The van der Waals surface area contributed by atoms with Crippen molar-refractivity contribution in [1.29, 1.82) is 0 Å². The largest absolute Gasteiger partial charge is 0.358 e. The SMILES string of the molecule is C.CC.CC.CC.CC.CN.[CH3-].[CH3-].[Re].[Re].[Re].[Re]. The molecule has 0 aliphatic carbocycles. The van der Waals surface area contributed by atoms with Crippen molar-refractivity contribution in [3.8, 4) is 0 Å². The molecule has 0 unspecified atom stereocenters. The van der Waals surface area contributed by atoms with Crippen LogP contribution in [0, 0.1) is 14.9 Å². The van der Waals surface area contributed by atoms with Gasteiger partial charge < -0.3 is 20.6 Å². The topological polar surface area (TPSA) is 26.0 Å². The predicted molar refractivity (Wildman–Crippen MR) is 75.1 cm³/mol. The minimum Gasteiger partial charge on any atom is -0.358 e. The van der Waals surface area contributed by atoms with E-state index in [0.29, 0.717) is 0 Å². The smallest absolute Gasteiger partial charge is 0 e. The molecular formula is C12H39NRe4-2. The molecular weight excluding hydrogens is 903 g/mol. The van der Waals surface area contributed by atoms with Gasteiger partial charge in [0, 0.05) is 81.7 Å². The maximum atomic E-state index is 4.50. The zero-order chi connectivity index (χ0) is 10.0. The summed E-state index contributed by atoms with van der Waals surface area (Å²) >= 11 is 0.